The maximum absolute atomic E-state index is 12.0. The second-order valence-electron chi connectivity index (χ2n) is 4.76. The van der Waals surface area contributed by atoms with Gasteiger partial charge < -0.3 is 9.67 Å². The van der Waals surface area contributed by atoms with Gasteiger partial charge in [-0.15, -0.1) is 10.2 Å². The molecule has 0 atom stereocenters. The zero-order valence-corrected chi connectivity index (χ0v) is 13.9. The molecule has 0 fully saturated rings. The quantitative estimate of drug-likeness (QED) is 0.507. The number of hydrogen-bond acceptors (Lipinski definition) is 3. The number of aromatic nitrogens is 1. The SMILES string of the molecule is Cn1c(O)c(N=NC(=O)c2ccc(I)cc2)c2ccccc21. The summed E-state index contributed by atoms with van der Waals surface area (Å²) in [6.45, 7) is 0. The molecule has 1 heterocycles. The lowest BCUT2D eigenvalue weighted by molar-refractivity contribution is 0.0995. The highest BCUT2D eigenvalue weighted by atomic mass is 127. The van der Waals surface area contributed by atoms with Crippen molar-refractivity contribution in [1.82, 2.24) is 4.57 Å². The first-order valence-electron chi connectivity index (χ1n) is 6.56. The van der Waals surface area contributed by atoms with E-state index in [9.17, 15) is 9.90 Å². The van der Waals surface area contributed by atoms with Crippen molar-refractivity contribution < 1.29 is 9.90 Å². The van der Waals surface area contributed by atoms with Gasteiger partial charge in [0.05, 0.1) is 5.52 Å². The van der Waals surface area contributed by atoms with Crippen LogP contribution in [0.4, 0.5) is 5.69 Å². The maximum Gasteiger partial charge on any atom is 0.295 e. The molecule has 0 saturated heterocycles. The third-order valence-electron chi connectivity index (χ3n) is 3.38. The highest BCUT2D eigenvalue weighted by Gasteiger charge is 2.14. The summed E-state index contributed by atoms with van der Waals surface area (Å²) in [7, 11) is 1.73. The van der Waals surface area contributed by atoms with Crippen LogP contribution in [0.25, 0.3) is 10.9 Å². The number of carbonyl (C=O) groups is 1. The van der Waals surface area contributed by atoms with E-state index in [4.69, 9.17) is 0 Å². The van der Waals surface area contributed by atoms with E-state index in [1.54, 1.807) is 23.7 Å². The molecule has 0 bridgehead atoms. The van der Waals surface area contributed by atoms with E-state index < -0.39 is 5.91 Å². The third-order valence-corrected chi connectivity index (χ3v) is 4.10. The van der Waals surface area contributed by atoms with Crippen molar-refractivity contribution in [2.24, 2.45) is 17.3 Å². The zero-order valence-electron chi connectivity index (χ0n) is 11.7. The summed E-state index contributed by atoms with van der Waals surface area (Å²) in [4.78, 5) is 12.0. The molecule has 3 aromatic rings. The number of nitrogens with zero attached hydrogens (tertiary/aromatic N) is 3. The van der Waals surface area contributed by atoms with Gasteiger partial charge in [-0.3, -0.25) is 4.79 Å². The van der Waals surface area contributed by atoms with Gasteiger partial charge in [0.25, 0.3) is 5.91 Å². The summed E-state index contributed by atoms with van der Waals surface area (Å²) in [5, 5.41) is 18.6. The third kappa shape index (κ3) is 2.61. The standard InChI is InChI=1S/C16H12IN3O2/c1-20-13-5-3-2-4-12(13)14(16(20)22)18-19-15(21)10-6-8-11(17)9-7-10/h2-9,22H,1H3. The molecule has 2 aromatic carbocycles. The number of para-hydroxylation sites is 1. The van der Waals surface area contributed by atoms with E-state index in [1.807, 2.05) is 36.4 Å². The number of hydrogen-bond donors (Lipinski definition) is 1. The molecule has 0 aliphatic carbocycles. The monoisotopic (exact) mass is 405 g/mol. The average Bonchev–Trinajstić information content (AvgIpc) is 2.78. The molecular weight excluding hydrogens is 393 g/mol. The van der Waals surface area contributed by atoms with E-state index in [0.717, 1.165) is 14.5 Å². The summed E-state index contributed by atoms with van der Waals surface area (Å²) in [5.74, 6) is -0.455. The van der Waals surface area contributed by atoms with Crippen LogP contribution in [0, 0.1) is 3.57 Å². The molecule has 0 aliphatic rings. The minimum absolute atomic E-state index is 0.0136. The Morgan fingerprint density at radius 3 is 2.55 bits per heavy atom. The molecule has 0 saturated carbocycles. The lowest BCUT2D eigenvalue weighted by atomic mass is 10.2. The first-order valence-corrected chi connectivity index (χ1v) is 7.64. The average molecular weight is 405 g/mol. The van der Waals surface area contributed by atoms with Crippen LogP contribution in [-0.2, 0) is 7.05 Å². The van der Waals surface area contributed by atoms with Crippen molar-refractivity contribution >= 4 is 45.1 Å². The van der Waals surface area contributed by atoms with Gasteiger partial charge in [-0.1, -0.05) is 18.2 Å². The van der Waals surface area contributed by atoms with Gasteiger partial charge in [0.15, 0.2) is 5.69 Å². The van der Waals surface area contributed by atoms with E-state index in [1.165, 1.54) is 0 Å². The number of aryl methyl sites for hydroxylation is 1. The highest BCUT2D eigenvalue weighted by Crippen LogP contribution is 2.37. The lowest BCUT2D eigenvalue weighted by Gasteiger charge is -1.96. The van der Waals surface area contributed by atoms with Crippen LogP contribution in [0.15, 0.2) is 58.8 Å². The molecule has 1 N–H and O–H groups in total. The number of amides is 1. The van der Waals surface area contributed by atoms with E-state index in [0.29, 0.717) is 11.3 Å². The number of fused-ring (bicyclic) bond motifs is 1. The Kier molecular flexibility index (Phi) is 3.93. The Bertz CT molecular complexity index is 882. The predicted molar refractivity (Wildman–Crippen MR) is 92.6 cm³/mol. The molecule has 22 heavy (non-hydrogen) atoms. The van der Waals surface area contributed by atoms with Crippen molar-refractivity contribution in [3.8, 4) is 5.88 Å². The fourth-order valence-electron chi connectivity index (χ4n) is 2.20. The van der Waals surface area contributed by atoms with Gasteiger partial charge >= 0.3 is 0 Å². The van der Waals surface area contributed by atoms with Crippen molar-refractivity contribution in [3.05, 3.63) is 57.7 Å². The minimum atomic E-state index is -0.441. The Labute approximate surface area is 140 Å². The molecule has 1 aromatic heterocycles. The van der Waals surface area contributed by atoms with Crippen LogP contribution >= 0.6 is 22.6 Å². The number of azo groups is 1. The summed E-state index contributed by atoms with van der Waals surface area (Å²) >= 11 is 2.17. The Balaban J connectivity index is 1.97. The molecule has 5 nitrogen and oxygen atoms in total. The largest absolute Gasteiger partial charge is 0.493 e. The molecule has 0 radical (unpaired) electrons. The van der Waals surface area contributed by atoms with E-state index in [2.05, 4.69) is 32.8 Å². The van der Waals surface area contributed by atoms with Gasteiger partial charge in [-0.2, -0.15) is 0 Å². The minimum Gasteiger partial charge on any atom is -0.493 e. The molecule has 0 unspecified atom stereocenters. The van der Waals surface area contributed by atoms with Crippen molar-refractivity contribution in [1.29, 1.82) is 0 Å². The lowest BCUT2D eigenvalue weighted by Crippen LogP contribution is -1.92. The number of aromatic hydroxyl groups is 1. The van der Waals surface area contributed by atoms with Crippen LogP contribution in [0.2, 0.25) is 0 Å². The zero-order chi connectivity index (χ0) is 15.7. The number of rotatable bonds is 2. The molecule has 110 valence electrons. The highest BCUT2D eigenvalue weighted by molar-refractivity contribution is 14.1. The Morgan fingerprint density at radius 2 is 1.82 bits per heavy atom. The summed E-state index contributed by atoms with van der Waals surface area (Å²) in [6, 6.07) is 14.5. The molecule has 0 spiro atoms. The van der Waals surface area contributed by atoms with Gasteiger partial charge in [0.2, 0.25) is 5.88 Å². The van der Waals surface area contributed by atoms with Gasteiger partial charge in [0.1, 0.15) is 0 Å². The Hall–Kier alpha value is -2.22. The van der Waals surface area contributed by atoms with Crippen molar-refractivity contribution in [2.45, 2.75) is 0 Å². The first-order chi connectivity index (χ1) is 10.6. The molecule has 3 rings (SSSR count). The summed E-state index contributed by atoms with van der Waals surface area (Å²) in [5.41, 5.74) is 1.59. The fraction of sp³-hybridized carbons (Fsp3) is 0.0625. The summed E-state index contributed by atoms with van der Waals surface area (Å²) in [6.07, 6.45) is 0. The number of benzene rings is 2. The van der Waals surface area contributed by atoms with Crippen LogP contribution < -0.4 is 0 Å². The number of halogens is 1. The van der Waals surface area contributed by atoms with Crippen molar-refractivity contribution in [2.75, 3.05) is 0 Å². The second-order valence-corrected chi connectivity index (χ2v) is 6.01. The molecule has 1 amide bonds. The fourth-order valence-corrected chi connectivity index (χ4v) is 2.56. The molecule has 6 heteroatoms. The normalized spacial score (nSPS) is 11.4. The van der Waals surface area contributed by atoms with Crippen LogP contribution in [0.1, 0.15) is 10.4 Å². The van der Waals surface area contributed by atoms with E-state index >= 15 is 0 Å². The summed E-state index contributed by atoms with van der Waals surface area (Å²) < 4.78 is 2.65. The number of carbonyl (C=O) groups excluding carboxylic acids is 1. The maximum atomic E-state index is 12.0. The van der Waals surface area contributed by atoms with E-state index in [-0.39, 0.29) is 5.88 Å². The second kappa shape index (κ2) is 5.88. The first kappa shape index (κ1) is 14.7. The van der Waals surface area contributed by atoms with Crippen LogP contribution in [-0.4, -0.2) is 15.6 Å². The predicted octanol–water partition coefficient (Wildman–Crippen LogP) is 4.41. The Morgan fingerprint density at radius 1 is 1.14 bits per heavy atom. The topological polar surface area (TPSA) is 66.9 Å². The molecular formula is C16H12IN3O2. The smallest absolute Gasteiger partial charge is 0.295 e. The van der Waals surface area contributed by atoms with Crippen LogP contribution in [0.5, 0.6) is 5.88 Å². The van der Waals surface area contributed by atoms with Gasteiger partial charge in [-0.25, -0.2) is 0 Å². The molecule has 0 aliphatic heterocycles. The van der Waals surface area contributed by atoms with Crippen molar-refractivity contribution in [3.63, 3.8) is 0 Å². The van der Waals surface area contributed by atoms with Gasteiger partial charge in [-0.05, 0) is 52.9 Å². The van der Waals surface area contributed by atoms with Crippen LogP contribution in [0.3, 0.4) is 0 Å². The van der Waals surface area contributed by atoms with Gasteiger partial charge in [0, 0.05) is 21.6 Å².